The minimum Gasteiger partial charge on any atom is -0.391 e. The molecule has 2 N–H and O–H groups in total. The Kier molecular flexibility index (Phi) is 3.46. The van der Waals surface area contributed by atoms with E-state index in [4.69, 9.17) is 0 Å². The molecular formula is C11H14FNO3S. The number of aliphatic hydroxyl groups is 1. The van der Waals surface area contributed by atoms with Gasteiger partial charge in [-0.1, -0.05) is 6.07 Å². The molecule has 1 aliphatic rings. The molecule has 1 aromatic rings. The van der Waals surface area contributed by atoms with Gasteiger partial charge < -0.3 is 5.11 Å². The average molecular weight is 259 g/mol. The first-order valence-electron chi connectivity index (χ1n) is 5.42. The molecule has 1 unspecified atom stereocenters. The molecule has 0 saturated heterocycles. The van der Waals surface area contributed by atoms with Crippen molar-refractivity contribution in [2.24, 2.45) is 5.92 Å². The Balaban J connectivity index is 2.03. The van der Waals surface area contributed by atoms with Crippen LogP contribution in [0.3, 0.4) is 0 Å². The van der Waals surface area contributed by atoms with Crippen LogP contribution < -0.4 is 4.72 Å². The maximum atomic E-state index is 12.9. The molecule has 0 heterocycles. The van der Waals surface area contributed by atoms with Gasteiger partial charge in [0.2, 0.25) is 10.0 Å². The van der Waals surface area contributed by atoms with Crippen LogP contribution in [-0.4, -0.2) is 26.2 Å². The molecule has 0 bridgehead atoms. The van der Waals surface area contributed by atoms with E-state index in [1.165, 1.54) is 18.2 Å². The average Bonchev–Trinajstić information content (AvgIpc) is 3.10. The van der Waals surface area contributed by atoms with Gasteiger partial charge in [0.1, 0.15) is 5.82 Å². The van der Waals surface area contributed by atoms with Gasteiger partial charge >= 0.3 is 0 Å². The third-order valence-electron chi connectivity index (χ3n) is 2.76. The fourth-order valence-electron chi connectivity index (χ4n) is 1.56. The number of hydrogen-bond acceptors (Lipinski definition) is 3. The summed E-state index contributed by atoms with van der Waals surface area (Å²) in [5.41, 5.74) is 0. The highest BCUT2D eigenvalue weighted by Crippen LogP contribution is 2.32. The maximum absolute atomic E-state index is 12.9. The second-order valence-electron chi connectivity index (χ2n) is 4.21. The van der Waals surface area contributed by atoms with Crippen molar-refractivity contribution in [3.8, 4) is 0 Å². The lowest BCUT2D eigenvalue weighted by molar-refractivity contribution is 0.155. The van der Waals surface area contributed by atoms with E-state index in [9.17, 15) is 17.9 Å². The van der Waals surface area contributed by atoms with Gasteiger partial charge in [-0.2, -0.15) is 0 Å². The van der Waals surface area contributed by atoms with Crippen molar-refractivity contribution in [2.75, 3.05) is 6.54 Å². The van der Waals surface area contributed by atoms with Crippen molar-refractivity contribution in [3.05, 3.63) is 30.1 Å². The molecule has 0 aromatic heterocycles. The third kappa shape index (κ3) is 3.24. The maximum Gasteiger partial charge on any atom is 0.240 e. The first kappa shape index (κ1) is 12.5. The molecule has 0 aliphatic heterocycles. The molecule has 0 radical (unpaired) electrons. The van der Waals surface area contributed by atoms with Crippen molar-refractivity contribution in [2.45, 2.75) is 23.8 Å². The highest BCUT2D eigenvalue weighted by molar-refractivity contribution is 7.89. The quantitative estimate of drug-likeness (QED) is 0.824. The molecule has 0 amide bonds. The van der Waals surface area contributed by atoms with Gasteiger partial charge in [0, 0.05) is 6.54 Å². The van der Waals surface area contributed by atoms with Gasteiger partial charge in [-0.15, -0.1) is 0 Å². The molecule has 0 spiro atoms. The molecule has 1 aliphatic carbocycles. The second-order valence-corrected chi connectivity index (χ2v) is 5.98. The molecule has 94 valence electrons. The summed E-state index contributed by atoms with van der Waals surface area (Å²) in [5, 5.41) is 9.55. The summed E-state index contributed by atoms with van der Waals surface area (Å²) >= 11 is 0. The molecule has 6 heteroatoms. The SMILES string of the molecule is O=S(=O)(NCC(O)C1CC1)c1cccc(F)c1. The van der Waals surface area contributed by atoms with Crippen LogP contribution in [0, 0.1) is 11.7 Å². The number of halogens is 1. The van der Waals surface area contributed by atoms with E-state index in [0.29, 0.717) is 0 Å². The number of hydrogen-bond donors (Lipinski definition) is 2. The van der Waals surface area contributed by atoms with E-state index in [1.807, 2.05) is 0 Å². The minimum atomic E-state index is -3.73. The Morgan fingerprint density at radius 1 is 1.47 bits per heavy atom. The highest BCUT2D eigenvalue weighted by atomic mass is 32.2. The smallest absolute Gasteiger partial charge is 0.240 e. The summed E-state index contributed by atoms with van der Waals surface area (Å²) in [4.78, 5) is -0.125. The Labute approximate surface area is 99.5 Å². The van der Waals surface area contributed by atoms with Crippen LogP contribution >= 0.6 is 0 Å². The van der Waals surface area contributed by atoms with Crippen molar-refractivity contribution in [3.63, 3.8) is 0 Å². The number of sulfonamides is 1. The van der Waals surface area contributed by atoms with Crippen LogP contribution in [0.15, 0.2) is 29.2 Å². The van der Waals surface area contributed by atoms with Gasteiger partial charge in [-0.25, -0.2) is 17.5 Å². The predicted molar refractivity (Wildman–Crippen MR) is 60.3 cm³/mol. The van der Waals surface area contributed by atoms with Crippen molar-refractivity contribution in [1.29, 1.82) is 0 Å². The zero-order valence-corrected chi connectivity index (χ0v) is 9.95. The largest absolute Gasteiger partial charge is 0.391 e. The Bertz CT molecular complexity index is 499. The lowest BCUT2D eigenvalue weighted by Gasteiger charge is -2.11. The number of benzene rings is 1. The molecule has 1 fully saturated rings. The predicted octanol–water partition coefficient (Wildman–Crippen LogP) is 0.875. The molecule has 4 nitrogen and oxygen atoms in total. The first-order chi connectivity index (χ1) is 7.99. The lowest BCUT2D eigenvalue weighted by Crippen LogP contribution is -2.33. The molecule has 1 aromatic carbocycles. The van der Waals surface area contributed by atoms with E-state index in [1.54, 1.807) is 0 Å². The summed E-state index contributed by atoms with van der Waals surface area (Å²) in [6, 6.07) is 4.78. The van der Waals surface area contributed by atoms with Crippen molar-refractivity contribution < 1.29 is 17.9 Å². The number of rotatable bonds is 5. The molecule has 1 atom stereocenters. The standard InChI is InChI=1S/C11H14FNO3S/c12-9-2-1-3-10(6-9)17(15,16)13-7-11(14)8-4-5-8/h1-3,6,8,11,13-14H,4-5,7H2. The zero-order chi connectivity index (χ0) is 12.5. The van der Waals surface area contributed by atoms with Gasteiger partial charge in [0.15, 0.2) is 0 Å². The fourth-order valence-corrected chi connectivity index (χ4v) is 2.64. The lowest BCUT2D eigenvalue weighted by atomic mass is 10.2. The topological polar surface area (TPSA) is 66.4 Å². The van der Waals surface area contributed by atoms with Gasteiger partial charge in [0.05, 0.1) is 11.0 Å². The van der Waals surface area contributed by atoms with Crippen LogP contribution in [0.25, 0.3) is 0 Å². The van der Waals surface area contributed by atoms with E-state index in [2.05, 4.69) is 4.72 Å². The van der Waals surface area contributed by atoms with Crippen LogP contribution in [0.1, 0.15) is 12.8 Å². The van der Waals surface area contributed by atoms with E-state index in [0.717, 1.165) is 18.9 Å². The zero-order valence-electron chi connectivity index (χ0n) is 9.14. The summed E-state index contributed by atoms with van der Waals surface area (Å²) in [5.74, 6) is -0.402. The second kappa shape index (κ2) is 4.72. The first-order valence-corrected chi connectivity index (χ1v) is 6.90. The monoisotopic (exact) mass is 259 g/mol. The normalized spacial score (nSPS) is 18.0. The number of nitrogens with one attached hydrogen (secondary N) is 1. The minimum absolute atomic E-state index is 0.0243. The van der Waals surface area contributed by atoms with E-state index in [-0.39, 0.29) is 17.4 Å². The highest BCUT2D eigenvalue weighted by Gasteiger charge is 2.30. The van der Waals surface area contributed by atoms with E-state index < -0.39 is 21.9 Å². The van der Waals surface area contributed by atoms with Crippen LogP contribution in [-0.2, 0) is 10.0 Å². The van der Waals surface area contributed by atoms with Crippen LogP contribution in [0.5, 0.6) is 0 Å². The van der Waals surface area contributed by atoms with E-state index >= 15 is 0 Å². The summed E-state index contributed by atoms with van der Waals surface area (Å²) in [6.07, 6.45) is 1.21. The van der Waals surface area contributed by atoms with Crippen LogP contribution in [0.2, 0.25) is 0 Å². The molecule has 17 heavy (non-hydrogen) atoms. The summed E-state index contributed by atoms with van der Waals surface area (Å²) in [7, 11) is -3.73. The summed E-state index contributed by atoms with van der Waals surface area (Å²) < 4.78 is 38.7. The Morgan fingerprint density at radius 2 is 2.18 bits per heavy atom. The van der Waals surface area contributed by atoms with Gasteiger partial charge in [0.25, 0.3) is 0 Å². The van der Waals surface area contributed by atoms with Crippen molar-refractivity contribution >= 4 is 10.0 Å². The molecular weight excluding hydrogens is 245 g/mol. The Morgan fingerprint density at radius 3 is 2.76 bits per heavy atom. The fraction of sp³-hybridized carbons (Fsp3) is 0.455. The van der Waals surface area contributed by atoms with Gasteiger partial charge in [-0.05, 0) is 37.0 Å². The van der Waals surface area contributed by atoms with Crippen LogP contribution in [0.4, 0.5) is 4.39 Å². The Hall–Kier alpha value is -0.980. The molecule has 1 saturated carbocycles. The third-order valence-corrected chi connectivity index (χ3v) is 4.18. The summed E-state index contributed by atoms with van der Waals surface area (Å²) in [6.45, 7) is -0.0243. The number of aliphatic hydroxyl groups excluding tert-OH is 1. The molecule has 2 rings (SSSR count). The van der Waals surface area contributed by atoms with Crippen molar-refractivity contribution in [1.82, 2.24) is 4.72 Å². The van der Waals surface area contributed by atoms with Gasteiger partial charge in [-0.3, -0.25) is 0 Å².